The number of hydrogen-bond donors (Lipinski definition) is 2. The molecule has 4 rings (SSSR count). The van der Waals surface area contributed by atoms with Crippen LogP contribution >= 0.6 is 0 Å². The summed E-state index contributed by atoms with van der Waals surface area (Å²) in [4.78, 5) is 9.92. The second-order valence-electron chi connectivity index (χ2n) is 8.40. The highest BCUT2D eigenvalue weighted by Gasteiger charge is 2.44. The molecule has 1 saturated heterocycles. The van der Waals surface area contributed by atoms with Gasteiger partial charge in [0.15, 0.2) is 11.3 Å². The molecule has 0 aromatic carbocycles. The molecule has 3 aromatic rings. The van der Waals surface area contributed by atoms with Gasteiger partial charge in [0.2, 0.25) is 0 Å². The van der Waals surface area contributed by atoms with E-state index in [-0.39, 0.29) is 57.6 Å². The summed E-state index contributed by atoms with van der Waals surface area (Å²) in [6.45, 7) is 3.86. The van der Waals surface area contributed by atoms with E-state index in [0.29, 0.717) is 5.39 Å². The molecule has 2 atom stereocenters. The van der Waals surface area contributed by atoms with Gasteiger partial charge in [0.1, 0.15) is 11.5 Å². The minimum atomic E-state index is -4.64. The van der Waals surface area contributed by atoms with E-state index >= 15 is 4.39 Å². The third-order valence-corrected chi connectivity index (χ3v) is 5.55. The number of aliphatic hydroxyl groups excluding tert-OH is 1. The molecule has 6 nitrogen and oxygen atoms in total. The number of aromatic nitrogens is 4. The number of nitrogens with zero attached hydrogens (tertiary/aromatic N) is 4. The zero-order valence-corrected chi connectivity index (χ0v) is 17.1. The Balaban J connectivity index is 0.00000193. The van der Waals surface area contributed by atoms with Crippen LogP contribution in [0, 0.1) is 5.92 Å². The van der Waals surface area contributed by atoms with Crippen LogP contribution in [0.3, 0.4) is 0 Å². The molecule has 2 N–H and O–H groups in total. The fourth-order valence-electron chi connectivity index (χ4n) is 4.19. The molecule has 0 saturated carbocycles. The van der Waals surface area contributed by atoms with Gasteiger partial charge in [0.05, 0.1) is 23.9 Å². The summed E-state index contributed by atoms with van der Waals surface area (Å²) in [6, 6.07) is 5.42. The molecule has 10 heteroatoms. The zero-order valence-electron chi connectivity index (χ0n) is 17.1. The lowest BCUT2D eigenvalue weighted by Crippen LogP contribution is -2.55. The minimum Gasteiger partial charge on any atom is -0.390 e. The topological polar surface area (TPSA) is 77.9 Å². The van der Waals surface area contributed by atoms with Crippen molar-refractivity contribution < 1.29 is 25.5 Å². The number of nitrogens with one attached hydrogen (secondary N) is 1. The van der Waals surface area contributed by atoms with Gasteiger partial charge in [-0.3, -0.25) is 5.10 Å². The number of H-pyrrole nitrogens is 1. The van der Waals surface area contributed by atoms with E-state index in [4.69, 9.17) is 0 Å². The van der Waals surface area contributed by atoms with Crippen LogP contribution in [0.4, 0.5) is 23.4 Å². The maximum absolute atomic E-state index is 15.5. The summed E-state index contributed by atoms with van der Waals surface area (Å²) >= 11 is 0. The highest BCUT2D eigenvalue weighted by atomic mass is 19.4. The summed E-state index contributed by atoms with van der Waals surface area (Å²) in [5, 5.41) is 17.2. The summed E-state index contributed by atoms with van der Waals surface area (Å²) in [6.07, 6.45) is -3.95. The largest absolute Gasteiger partial charge is 0.418 e. The van der Waals surface area contributed by atoms with E-state index in [1.54, 1.807) is 17.0 Å². The SMILES string of the molecule is CC(C)C[C@]1(F)CN(c2ccc(C(F)(F)F)c(-c3[nH]nc4ncccc34)n2)CCC1O.[HH].[HH]. The van der Waals surface area contributed by atoms with Crippen LogP contribution in [0.25, 0.3) is 22.4 Å². The first-order chi connectivity index (χ1) is 14.6. The van der Waals surface area contributed by atoms with Crippen molar-refractivity contribution in [3.05, 3.63) is 36.0 Å². The van der Waals surface area contributed by atoms with Crippen molar-refractivity contribution in [2.24, 2.45) is 5.92 Å². The smallest absolute Gasteiger partial charge is 0.390 e. The van der Waals surface area contributed by atoms with E-state index in [0.717, 1.165) is 6.07 Å². The van der Waals surface area contributed by atoms with Crippen LogP contribution in [0.2, 0.25) is 0 Å². The van der Waals surface area contributed by atoms with E-state index in [1.165, 1.54) is 12.3 Å². The normalized spacial score (nSPS) is 22.5. The molecule has 0 aliphatic carbocycles. The first-order valence-electron chi connectivity index (χ1n) is 10.1. The number of pyridine rings is 2. The molecule has 0 radical (unpaired) electrons. The average Bonchev–Trinajstić information content (AvgIpc) is 3.12. The van der Waals surface area contributed by atoms with Crippen LogP contribution < -0.4 is 4.90 Å². The van der Waals surface area contributed by atoms with E-state index < -0.39 is 23.5 Å². The van der Waals surface area contributed by atoms with Crippen LogP contribution in [0.5, 0.6) is 0 Å². The molecule has 1 fully saturated rings. The first-order valence-corrected chi connectivity index (χ1v) is 10.1. The number of alkyl halides is 4. The summed E-state index contributed by atoms with van der Waals surface area (Å²) < 4.78 is 56.7. The Labute approximate surface area is 179 Å². The van der Waals surface area contributed by atoms with Gasteiger partial charge in [-0.25, -0.2) is 14.4 Å². The zero-order chi connectivity index (χ0) is 22.4. The quantitative estimate of drug-likeness (QED) is 0.566. The average molecular weight is 441 g/mol. The number of anilines is 1. The Morgan fingerprint density at radius 2 is 2.10 bits per heavy atom. The lowest BCUT2D eigenvalue weighted by Gasteiger charge is -2.42. The van der Waals surface area contributed by atoms with Crippen LogP contribution in [0.15, 0.2) is 30.5 Å². The van der Waals surface area contributed by atoms with Gasteiger partial charge in [-0.2, -0.15) is 18.3 Å². The van der Waals surface area contributed by atoms with Gasteiger partial charge in [-0.05, 0) is 43.0 Å². The van der Waals surface area contributed by atoms with Crippen LogP contribution in [-0.2, 0) is 6.18 Å². The predicted molar refractivity (Wildman–Crippen MR) is 112 cm³/mol. The monoisotopic (exact) mass is 441 g/mol. The third-order valence-electron chi connectivity index (χ3n) is 5.55. The second-order valence-corrected chi connectivity index (χ2v) is 8.40. The molecule has 3 aromatic heterocycles. The van der Waals surface area contributed by atoms with Gasteiger partial charge >= 0.3 is 6.18 Å². The van der Waals surface area contributed by atoms with Gasteiger partial charge in [0, 0.05) is 21.0 Å². The number of piperidine rings is 1. The number of rotatable bonds is 4. The first kappa shape index (κ1) is 21.5. The molecule has 170 valence electrons. The molecule has 1 aliphatic rings. The highest BCUT2D eigenvalue weighted by Crippen LogP contribution is 2.40. The minimum absolute atomic E-state index is 0. The summed E-state index contributed by atoms with van der Waals surface area (Å²) in [5.41, 5.74) is -2.72. The van der Waals surface area contributed by atoms with Crippen molar-refractivity contribution >= 4 is 16.9 Å². The number of fused-ring (bicyclic) bond motifs is 1. The summed E-state index contributed by atoms with van der Waals surface area (Å²) in [5.74, 6) is 0.229. The molecular weight excluding hydrogens is 414 g/mol. The molecular formula is C21H27F4N5O. The molecule has 1 aliphatic heterocycles. The number of aromatic amines is 1. The van der Waals surface area contributed by atoms with E-state index in [9.17, 15) is 18.3 Å². The van der Waals surface area contributed by atoms with Crippen molar-refractivity contribution in [1.29, 1.82) is 0 Å². The van der Waals surface area contributed by atoms with Crippen LogP contribution in [0.1, 0.15) is 35.1 Å². The fourth-order valence-corrected chi connectivity index (χ4v) is 4.19. The van der Waals surface area contributed by atoms with Crippen molar-refractivity contribution in [1.82, 2.24) is 20.2 Å². The Bertz CT molecular complexity index is 1090. The maximum atomic E-state index is 15.5. The summed E-state index contributed by atoms with van der Waals surface area (Å²) in [7, 11) is 0. The Kier molecular flexibility index (Phi) is 5.36. The van der Waals surface area contributed by atoms with Crippen molar-refractivity contribution in [3.8, 4) is 11.4 Å². The number of hydrogen-bond acceptors (Lipinski definition) is 5. The van der Waals surface area contributed by atoms with Gasteiger partial charge in [-0.15, -0.1) is 0 Å². The Hall–Kier alpha value is -2.75. The molecule has 1 unspecified atom stereocenters. The fraction of sp³-hybridized carbons (Fsp3) is 0.476. The Morgan fingerprint density at radius 3 is 2.81 bits per heavy atom. The molecule has 0 spiro atoms. The highest BCUT2D eigenvalue weighted by molar-refractivity contribution is 5.90. The van der Waals surface area contributed by atoms with E-state index in [1.807, 2.05) is 13.8 Å². The maximum Gasteiger partial charge on any atom is 0.418 e. The molecule has 4 heterocycles. The van der Waals surface area contributed by atoms with Gasteiger partial charge in [-0.1, -0.05) is 13.8 Å². The standard InChI is InChI=1S/C21H23F4N5O.2H2/c1-12(2)10-20(22)11-30(9-7-15(20)31)16-6-5-14(21(23,24)25)18(27-16)17-13-4-3-8-26-19(13)29-28-17;;/h3-6,8,12,15,31H,7,9-11H2,1-2H3,(H,26,28,29);2*1H/t15?,20-;;/m0../s1. The van der Waals surface area contributed by atoms with Crippen molar-refractivity contribution in [2.45, 2.75) is 44.6 Å². The third kappa shape index (κ3) is 4.08. The Morgan fingerprint density at radius 1 is 1.32 bits per heavy atom. The van der Waals surface area contributed by atoms with E-state index in [2.05, 4.69) is 20.2 Å². The second kappa shape index (κ2) is 7.74. The van der Waals surface area contributed by atoms with Crippen molar-refractivity contribution in [2.75, 3.05) is 18.0 Å². The molecule has 0 bridgehead atoms. The molecule has 31 heavy (non-hydrogen) atoms. The predicted octanol–water partition coefficient (Wildman–Crippen LogP) is 4.86. The lowest BCUT2D eigenvalue weighted by molar-refractivity contribution is -0.137. The molecule has 0 amide bonds. The number of halogens is 4. The van der Waals surface area contributed by atoms with Crippen LogP contribution in [-0.4, -0.2) is 50.1 Å². The van der Waals surface area contributed by atoms with Gasteiger partial charge < -0.3 is 10.0 Å². The van der Waals surface area contributed by atoms with Crippen molar-refractivity contribution in [3.63, 3.8) is 0 Å². The van der Waals surface area contributed by atoms with Gasteiger partial charge in [0.25, 0.3) is 0 Å². The number of aliphatic hydroxyl groups is 1. The lowest BCUT2D eigenvalue weighted by atomic mass is 9.84.